The van der Waals surface area contributed by atoms with E-state index in [0.717, 1.165) is 23.4 Å². The number of aryl methyl sites for hydroxylation is 1. The molecule has 1 aromatic heterocycles. The van der Waals surface area contributed by atoms with E-state index in [4.69, 9.17) is 0 Å². The maximum absolute atomic E-state index is 12.3. The predicted molar refractivity (Wildman–Crippen MR) is 79.5 cm³/mol. The molecule has 3 rings (SSSR count). The van der Waals surface area contributed by atoms with Crippen LogP contribution in [0.5, 0.6) is 0 Å². The monoisotopic (exact) mass is 307 g/mol. The number of likely N-dealkylation sites (tertiary alicyclic amines) is 1. The van der Waals surface area contributed by atoms with Gasteiger partial charge in [0.25, 0.3) is 0 Å². The van der Waals surface area contributed by atoms with Gasteiger partial charge in [0.2, 0.25) is 0 Å². The molecule has 0 amide bonds. The summed E-state index contributed by atoms with van der Waals surface area (Å²) in [6.07, 6.45) is 2.07. The molecular weight excluding hydrogens is 288 g/mol. The van der Waals surface area contributed by atoms with Gasteiger partial charge in [0, 0.05) is 30.8 Å². The lowest BCUT2D eigenvalue weighted by Crippen LogP contribution is -2.24. The topological polar surface area (TPSA) is 41.2 Å². The average molecular weight is 307 g/mol. The van der Waals surface area contributed by atoms with Crippen LogP contribution in [0.25, 0.3) is 11.3 Å². The number of hydrogen-bond acceptors (Lipinski definition) is 3. The van der Waals surface area contributed by atoms with E-state index in [1.165, 1.54) is 5.56 Å². The first-order valence-corrected chi connectivity index (χ1v) is 7.37. The lowest BCUT2D eigenvalue weighted by molar-refractivity contribution is -0.158. The van der Waals surface area contributed by atoms with Gasteiger partial charge in [-0.05, 0) is 19.4 Å². The van der Waals surface area contributed by atoms with Crippen LogP contribution in [-0.2, 0) is 11.3 Å². The molecule has 2 aromatic rings. The molecule has 0 radical (unpaired) electrons. The fourth-order valence-electron chi connectivity index (χ4n) is 2.92. The van der Waals surface area contributed by atoms with E-state index in [1.54, 1.807) is 6.20 Å². The van der Waals surface area contributed by atoms with Crippen molar-refractivity contribution >= 4 is 0 Å². The van der Waals surface area contributed by atoms with Crippen LogP contribution in [0.15, 0.2) is 30.5 Å². The summed E-state index contributed by atoms with van der Waals surface area (Å²) in [6.45, 7) is 1.33. The normalized spacial score (nSPS) is 19.2. The minimum atomic E-state index is -2.69. The number of rotatable bonds is 5. The Kier molecular flexibility index (Phi) is 4.49. The molecule has 1 N–H and O–H groups in total. The van der Waals surface area contributed by atoms with Gasteiger partial charge in [0.15, 0.2) is 0 Å². The summed E-state index contributed by atoms with van der Waals surface area (Å²) >= 11 is 0. The highest BCUT2D eigenvalue weighted by Gasteiger charge is 2.26. The zero-order valence-electron chi connectivity index (χ0n) is 12.4. The molecule has 0 aliphatic carbocycles. The molecule has 1 fully saturated rings. The Balaban J connectivity index is 1.69. The van der Waals surface area contributed by atoms with Crippen molar-refractivity contribution in [1.82, 2.24) is 15.1 Å². The van der Waals surface area contributed by atoms with Crippen molar-refractivity contribution in [2.24, 2.45) is 0 Å². The van der Waals surface area contributed by atoms with E-state index < -0.39 is 6.61 Å². The molecule has 4 nitrogen and oxygen atoms in total. The van der Waals surface area contributed by atoms with Crippen molar-refractivity contribution in [1.29, 1.82) is 0 Å². The summed E-state index contributed by atoms with van der Waals surface area (Å²) in [7, 11) is 0. The standard InChI is InChI=1S/C16H19F2N3O/c1-11-3-2-4-12(7-11)15-13(8-19-20-15)9-21-6-5-14(10-21)22-16(17)18/h2-4,7-8,14,16H,5-6,9-10H2,1H3,(H,19,20)/t14-/m0/s1. The van der Waals surface area contributed by atoms with Crippen molar-refractivity contribution in [3.05, 3.63) is 41.6 Å². The molecule has 1 aliphatic heterocycles. The summed E-state index contributed by atoms with van der Waals surface area (Å²) in [6, 6.07) is 8.20. The smallest absolute Gasteiger partial charge is 0.318 e. The number of aromatic nitrogens is 2. The van der Waals surface area contributed by atoms with Crippen molar-refractivity contribution in [3.63, 3.8) is 0 Å². The number of nitrogens with one attached hydrogen (secondary N) is 1. The first-order chi connectivity index (χ1) is 10.6. The number of ether oxygens (including phenoxy) is 1. The molecule has 1 aromatic carbocycles. The van der Waals surface area contributed by atoms with Crippen molar-refractivity contribution < 1.29 is 13.5 Å². The summed E-state index contributed by atoms with van der Waals surface area (Å²) < 4.78 is 29.1. The highest BCUT2D eigenvalue weighted by atomic mass is 19.3. The number of hydrogen-bond donors (Lipinski definition) is 1. The second-order valence-electron chi connectivity index (χ2n) is 5.68. The highest BCUT2D eigenvalue weighted by Crippen LogP contribution is 2.25. The Morgan fingerprint density at radius 1 is 1.45 bits per heavy atom. The van der Waals surface area contributed by atoms with Crippen molar-refractivity contribution in [2.75, 3.05) is 13.1 Å². The first kappa shape index (κ1) is 15.1. The minimum absolute atomic E-state index is 0.380. The Morgan fingerprint density at radius 2 is 2.32 bits per heavy atom. The van der Waals surface area contributed by atoms with E-state index >= 15 is 0 Å². The minimum Gasteiger partial charge on any atom is -0.318 e. The SMILES string of the molecule is Cc1cccc(-c2[nH]ncc2CN2CC[C@H](OC(F)F)C2)c1. The zero-order chi connectivity index (χ0) is 15.5. The molecule has 0 saturated carbocycles. The maximum atomic E-state index is 12.3. The maximum Gasteiger partial charge on any atom is 0.345 e. The number of alkyl halides is 2. The molecule has 1 atom stereocenters. The summed E-state index contributed by atoms with van der Waals surface area (Å²) in [5.41, 5.74) is 4.34. The third-order valence-electron chi connectivity index (χ3n) is 3.94. The molecule has 2 heterocycles. The van der Waals surface area contributed by atoms with Gasteiger partial charge in [-0.1, -0.05) is 23.8 Å². The summed E-state index contributed by atoms with van der Waals surface area (Å²) in [4.78, 5) is 2.12. The van der Waals surface area contributed by atoms with Crippen LogP contribution < -0.4 is 0 Å². The number of aromatic amines is 1. The van der Waals surface area contributed by atoms with Crippen LogP contribution in [0.2, 0.25) is 0 Å². The second kappa shape index (κ2) is 6.54. The lowest BCUT2D eigenvalue weighted by Gasteiger charge is -2.16. The van der Waals surface area contributed by atoms with E-state index in [0.29, 0.717) is 19.5 Å². The fraction of sp³-hybridized carbons (Fsp3) is 0.438. The Bertz CT molecular complexity index is 629. The molecule has 0 spiro atoms. The van der Waals surface area contributed by atoms with E-state index in [2.05, 4.69) is 25.9 Å². The third-order valence-corrected chi connectivity index (χ3v) is 3.94. The van der Waals surface area contributed by atoms with Crippen LogP contribution in [0, 0.1) is 6.92 Å². The number of benzene rings is 1. The number of H-pyrrole nitrogens is 1. The Morgan fingerprint density at radius 3 is 3.09 bits per heavy atom. The van der Waals surface area contributed by atoms with Crippen LogP contribution in [0.4, 0.5) is 8.78 Å². The lowest BCUT2D eigenvalue weighted by atomic mass is 10.1. The summed E-state index contributed by atoms with van der Waals surface area (Å²) in [5, 5.41) is 7.17. The quantitative estimate of drug-likeness (QED) is 0.922. The van der Waals surface area contributed by atoms with Gasteiger partial charge in [0.05, 0.1) is 18.0 Å². The number of nitrogens with zero attached hydrogens (tertiary/aromatic N) is 2. The average Bonchev–Trinajstić information content (AvgIpc) is 3.08. The van der Waals surface area contributed by atoms with E-state index in [1.807, 2.05) is 25.1 Å². The van der Waals surface area contributed by atoms with Crippen LogP contribution in [-0.4, -0.2) is 40.9 Å². The van der Waals surface area contributed by atoms with Gasteiger partial charge in [-0.15, -0.1) is 0 Å². The summed E-state index contributed by atoms with van der Waals surface area (Å²) in [5.74, 6) is 0. The molecule has 0 unspecified atom stereocenters. The number of halogens is 2. The van der Waals surface area contributed by atoms with E-state index in [9.17, 15) is 8.78 Å². The second-order valence-corrected chi connectivity index (χ2v) is 5.68. The van der Waals surface area contributed by atoms with Crippen LogP contribution >= 0.6 is 0 Å². The molecular formula is C16H19F2N3O. The largest absolute Gasteiger partial charge is 0.345 e. The predicted octanol–water partition coefficient (Wildman–Crippen LogP) is 3.20. The van der Waals surface area contributed by atoms with Crippen molar-refractivity contribution in [3.8, 4) is 11.3 Å². The van der Waals surface area contributed by atoms with Gasteiger partial charge in [0.1, 0.15) is 0 Å². The van der Waals surface area contributed by atoms with Crippen molar-refractivity contribution in [2.45, 2.75) is 32.6 Å². The Labute approximate surface area is 128 Å². The molecule has 22 heavy (non-hydrogen) atoms. The van der Waals surface area contributed by atoms with Gasteiger partial charge in [-0.25, -0.2) is 0 Å². The molecule has 0 bridgehead atoms. The fourth-order valence-corrected chi connectivity index (χ4v) is 2.92. The van der Waals surface area contributed by atoms with Crippen LogP contribution in [0.1, 0.15) is 17.5 Å². The zero-order valence-corrected chi connectivity index (χ0v) is 12.4. The highest BCUT2D eigenvalue weighted by molar-refractivity contribution is 5.63. The van der Waals surface area contributed by atoms with Gasteiger partial charge in [-0.2, -0.15) is 13.9 Å². The molecule has 118 valence electrons. The van der Waals surface area contributed by atoms with Gasteiger partial charge < -0.3 is 4.74 Å². The van der Waals surface area contributed by atoms with Gasteiger partial charge in [-0.3, -0.25) is 10.00 Å². The molecule has 6 heteroatoms. The first-order valence-electron chi connectivity index (χ1n) is 7.37. The molecule has 1 aliphatic rings. The molecule has 1 saturated heterocycles. The van der Waals surface area contributed by atoms with Crippen LogP contribution in [0.3, 0.4) is 0 Å². The van der Waals surface area contributed by atoms with Gasteiger partial charge >= 0.3 is 6.61 Å². The third kappa shape index (κ3) is 3.51. The van der Waals surface area contributed by atoms with E-state index in [-0.39, 0.29) is 6.10 Å². The Hall–Kier alpha value is -1.79.